The largest absolute Gasteiger partial charge is 0.405 e. The van der Waals surface area contributed by atoms with Gasteiger partial charge in [-0.1, -0.05) is 15.9 Å². The van der Waals surface area contributed by atoms with Crippen LogP contribution in [0.1, 0.15) is 0 Å². The Morgan fingerprint density at radius 3 is 2.74 bits per heavy atom. The van der Waals surface area contributed by atoms with Crippen molar-refractivity contribution in [3.8, 4) is 0 Å². The van der Waals surface area contributed by atoms with Crippen molar-refractivity contribution >= 4 is 32.8 Å². The Morgan fingerprint density at radius 2 is 2.11 bits per heavy atom. The predicted molar refractivity (Wildman–Crippen MR) is 70.6 cm³/mol. The number of nitrogens with zero attached hydrogens (tertiary/aromatic N) is 4. The number of alkyl halides is 4. The summed E-state index contributed by atoms with van der Waals surface area (Å²) in [4.78, 5) is 9.36. The zero-order chi connectivity index (χ0) is 14.0. The predicted octanol–water partition coefficient (Wildman–Crippen LogP) is 2.73. The average Bonchev–Trinajstić information content (AvgIpc) is 2.69. The van der Waals surface area contributed by atoms with Gasteiger partial charge in [0.05, 0.1) is 11.8 Å². The summed E-state index contributed by atoms with van der Waals surface area (Å²) in [6.45, 7) is -0.830. The number of pyridine rings is 1. The van der Waals surface area contributed by atoms with Gasteiger partial charge in [-0.25, -0.2) is 9.97 Å². The maximum absolute atomic E-state index is 12.6. The first-order chi connectivity index (χ1) is 8.92. The van der Waals surface area contributed by atoms with E-state index in [1.54, 1.807) is 24.0 Å². The second-order valence-corrected chi connectivity index (χ2v) is 4.88. The van der Waals surface area contributed by atoms with Gasteiger partial charge < -0.3 is 9.47 Å². The molecule has 8 heteroatoms. The van der Waals surface area contributed by atoms with Gasteiger partial charge in [-0.3, -0.25) is 0 Å². The molecule has 2 heterocycles. The van der Waals surface area contributed by atoms with Crippen molar-refractivity contribution in [3.05, 3.63) is 18.6 Å². The van der Waals surface area contributed by atoms with Crippen LogP contribution in [0.4, 0.5) is 19.0 Å². The van der Waals surface area contributed by atoms with E-state index in [1.807, 2.05) is 0 Å². The van der Waals surface area contributed by atoms with Crippen molar-refractivity contribution in [2.45, 2.75) is 6.18 Å². The van der Waals surface area contributed by atoms with Crippen LogP contribution in [0.5, 0.6) is 0 Å². The SMILES string of the molecule is Cn1cnc2c(N(CCBr)CC(F)(F)F)nccc21. The lowest BCUT2D eigenvalue weighted by Gasteiger charge is -2.24. The zero-order valence-electron chi connectivity index (χ0n) is 10.2. The van der Waals surface area contributed by atoms with Crippen molar-refractivity contribution in [1.82, 2.24) is 14.5 Å². The molecular formula is C11H12BrF3N4. The lowest BCUT2D eigenvalue weighted by atomic mass is 10.3. The minimum atomic E-state index is -4.28. The molecule has 0 aliphatic rings. The molecular weight excluding hydrogens is 325 g/mol. The van der Waals surface area contributed by atoms with E-state index in [1.165, 1.54) is 11.1 Å². The van der Waals surface area contributed by atoms with Gasteiger partial charge in [0.25, 0.3) is 0 Å². The third-order valence-corrected chi connectivity index (χ3v) is 3.00. The van der Waals surface area contributed by atoms with Crippen molar-refractivity contribution < 1.29 is 13.2 Å². The Labute approximate surface area is 116 Å². The number of halogens is 4. The number of aromatic nitrogens is 3. The molecule has 2 aromatic rings. The molecule has 19 heavy (non-hydrogen) atoms. The first kappa shape index (κ1) is 14.1. The fourth-order valence-electron chi connectivity index (χ4n) is 1.86. The molecule has 0 aliphatic heterocycles. The van der Waals surface area contributed by atoms with Crippen LogP contribution in [0, 0.1) is 0 Å². The van der Waals surface area contributed by atoms with Crippen molar-refractivity contribution in [2.75, 3.05) is 23.3 Å². The van der Waals surface area contributed by atoms with Crippen LogP contribution in [-0.2, 0) is 7.05 Å². The Kier molecular flexibility index (Phi) is 3.98. The summed E-state index contributed by atoms with van der Waals surface area (Å²) in [5.41, 5.74) is 1.24. The molecule has 0 atom stereocenters. The van der Waals surface area contributed by atoms with Crippen LogP contribution >= 0.6 is 15.9 Å². The van der Waals surface area contributed by atoms with E-state index in [-0.39, 0.29) is 12.4 Å². The topological polar surface area (TPSA) is 34.0 Å². The Hall–Kier alpha value is -1.31. The van der Waals surface area contributed by atoms with Crippen LogP contribution in [0.15, 0.2) is 18.6 Å². The quantitative estimate of drug-likeness (QED) is 0.805. The highest BCUT2D eigenvalue weighted by molar-refractivity contribution is 9.09. The van der Waals surface area contributed by atoms with E-state index >= 15 is 0 Å². The number of hydrogen-bond donors (Lipinski definition) is 0. The molecule has 0 fully saturated rings. The maximum atomic E-state index is 12.6. The van der Waals surface area contributed by atoms with E-state index in [0.717, 1.165) is 5.52 Å². The fourth-order valence-corrected chi connectivity index (χ4v) is 2.29. The Balaban J connectivity index is 2.44. The molecule has 104 valence electrons. The van der Waals surface area contributed by atoms with Crippen molar-refractivity contribution in [2.24, 2.45) is 7.05 Å². The van der Waals surface area contributed by atoms with Gasteiger partial charge in [-0.15, -0.1) is 0 Å². The molecule has 0 aromatic carbocycles. The highest BCUT2D eigenvalue weighted by Crippen LogP contribution is 2.26. The number of fused-ring (bicyclic) bond motifs is 1. The minimum Gasteiger partial charge on any atom is -0.345 e. The molecule has 0 spiro atoms. The Bertz CT molecular complexity index is 567. The smallest absolute Gasteiger partial charge is 0.345 e. The standard InChI is InChI=1S/C11H12BrF3N4/c1-18-7-17-9-8(18)2-4-16-10(9)19(5-3-12)6-11(13,14)15/h2,4,7H,3,5-6H2,1H3. The normalized spacial score (nSPS) is 12.1. The molecule has 4 nitrogen and oxygen atoms in total. The first-order valence-electron chi connectivity index (χ1n) is 5.56. The van der Waals surface area contributed by atoms with E-state index in [9.17, 15) is 13.2 Å². The number of imidazole rings is 1. The second-order valence-electron chi connectivity index (χ2n) is 4.08. The maximum Gasteiger partial charge on any atom is 0.405 e. The third-order valence-electron chi connectivity index (χ3n) is 2.65. The molecule has 2 aromatic heterocycles. The van der Waals surface area contributed by atoms with Crippen LogP contribution in [0.3, 0.4) is 0 Å². The summed E-state index contributed by atoms with van der Waals surface area (Å²) in [7, 11) is 1.79. The molecule has 0 saturated carbocycles. The number of aryl methyl sites for hydroxylation is 1. The van der Waals surface area contributed by atoms with Gasteiger partial charge in [0, 0.05) is 25.1 Å². The molecule has 0 radical (unpaired) electrons. The van der Waals surface area contributed by atoms with Crippen LogP contribution in [-0.4, -0.2) is 39.1 Å². The first-order valence-corrected chi connectivity index (χ1v) is 6.68. The molecule has 0 aliphatic carbocycles. The van der Waals surface area contributed by atoms with Crippen molar-refractivity contribution in [1.29, 1.82) is 0 Å². The van der Waals surface area contributed by atoms with E-state index in [4.69, 9.17) is 0 Å². The average molecular weight is 337 g/mol. The van der Waals surface area contributed by atoms with Gasteiger partial charge in [-0.2, -0.15) is 13.2 Å². The van der Waals surface area contributed by atoms with Crippen LogP contribution in [0.2, 0.25) is 0 Å². The zero-order valence-corrected chi connectivity index (χ0v) is 11.7. The van der Waals surface area contributed by atoms with Gasteiger partial charge in [0.15, 0.2) is 5.82 Å². The summed E-state index contributed by atoms with van der Waals surface area (Å²) in [6, 6.07) is 1.73. The second kappa shape index (κ2) is 5.36. The fraction of sp³-hybridized carbons (Fsp3) is 0.455. The lowest BCUT2D eigenvalue weighted by Crippen LogP contribution is -2.36. The monoisotopic (exact) mass is 336 g/mol. The van der Waals surface area contributed by atoms with Crippen LogP contribution in [0.25, 0.3) is 11.0 Å². The highest BCUT2D eigenvalue weighted by atomic mass is 79.9. The molecule has 0 N–H and O–H groups in total. The van der Waals surface area contributed by atoms with Gasteiger partial charge in [-0.05, 0) is 6.07 Å². The highest BCUT2D eigenvalue weighted by Gasteiger charge is 2.32. The third kappa shape index (κ3) is 3.17. The van der Waals surface area contributed by atoms with Gasteiger partial charge >= 0.3 is 6.18 Å². The summed E-state index contributed by atoms with van der Waals surface area (Å²) >= 11 is 3.16. The van der Waals surface area contributed by atoms with E-state index < -0.39 is 12.7 Å². The van der Waals surface area contributed by atoms with Gasteiger partial charge in [0.2, 0.25) is 0 Å². The number of rotatable bonds is 4. The van der Waals surface area contributed by atoms with E-state index in [2.05, 4.69) is 25.9 Å². The summed E-state index contributed by atoms with van der Waals surface area (Å²) in [5.74, 6) is 0.259. The summed E-state index contributed by atoms with van der Waals surface area (Å²) in [6.07, 6.45) is -1.21. The minimum absolute atomic E-state index is 0.211. The molecule has 0 unspecified atom stereocenters. The van der Waals surface area contributed by atoms with Crippen molar-refractivity contribution in [3.63, 3.8) is 0 Å². The summed E-state index contributed by atoms with van der Waals surface area (Å²) < 4.78 is 39.6. The molecule has 2 rings (SSSR count). The lowest BCUT2D eigenvalue weighted by molar-refractivity contribution is -0.119. The Morgan fingerprint density at radius 1 is 1.37 bits per heavy atom. The van der Waals surface area contributed by atoms with Crippen LogP contribution < -0.4 is 4.90 Å². The van der Waals surface area contributed by atoms with Gasteiger partial charge in [0.1, 0.15) is 12.1 Å². The number of hydrogen-bond acceptors (Lipinski definition) is 3. The summed E-state index contributed by atoms with van der Waals surface area (Å²) in [5, 5.41) is 0.425. The molecule has 0 saturated heterocycles. The molecule has 0 amide bonds. The number of anilines is 1. The molecule has 0 bridgehead atoms. The van der Waals surface area contributed by atoms with E-state index in [0.29, 0.717) is 10.8 Å².